The van der Waals surface area contributed by atoms with Crippen molar-refractivity contribution in [3.63, 3.8) is 0 Å². The zero-order valence-electron chi connectivity index (χ0n) is 21.6. The van der Waals surface area contributed by atoms with Crippen LogP contribution in [0.25, 0.3) is 22.3 Å². The van der Waals surface area contributed by atoms with Gasteiger partial charge < -0.3 is 33.6 Å². The fourth-order valence-electron chi connectivity index (χ4n) is 4.65. The van der Waals surface area contributed by atoms with Crippen molar-refractivity contribution in [2.24, 2.45) is 0 Å². The summed E-state index contributed by atoms with van der Waals surface area (Å²) in [4.78, 5) is 25.9. The van der Waals surface area contributed by atoms with Gasteiger partial charge >= 0.3 is 5.97 Å². The average molecular weight is 531 g/mol. The minimum absolute atomic E-state index is 0.0452. The Labute approximate surface area is 223 Å². The Balaban J connectivity index is 1.73. The van der Waals surface area contributed by atoms with Crippen molar-refractivity contribution in [1.29, 1.82) is 0 Å². The molecule has 0 fully saturated rings. The molecule has 0 aliphatic carbocycles. The number of methoxy groups -OCH3 is 2. The second-order valence-electron chi connectivity index (χ2n) is 9.26. The Morgan fingerprint density at radius 2 is 1.72 bits per heavy atom. The second-order valence-corrected chi connectivity index (χ2v) is 9.26. The van der Waals surface area contributed by atoms with Crippen molar-refractivity contribution in [3.05, 3.63) is 82.0 Å². The third-order valence-electron chi connectivity index (χ3n) is 6.45. The van der Waals surface area contributed by atoms with Crippen LogP contribution in [0.4, 0.5) is 0 Å². The van der Waals surface area contributed by atoms with Crippen LogP contribution in [0.3, 0.4) is 0 Å². The molecule has 2 N–H and O–H groups in total. The van der Waals surface area contributed by atoms with Gasteiger partial charge in [-0.2, -0.15) is 0 Å². The molecule has 5 rings (SSSR count). The molecule has 1 aliphatic rings. The normalized spacial score (nSPS) is 14.4. The van der Waals surface area contributed by atoms with Gasteiger partial charge in [0.05, 0.1) is 20.6 Å². The number of fused-ring (bicyclic) bond motifs is 3. The molecule has 9 nitrogen and oxygen atoms in total. The predicted octanol–water partition coefficient (Wildman–Crippen LogP) is 5.28. The molecule has 9 heteroatoms. The van der Waals surface area contributed by atoms with Crippen molar-refractivity contribution in [1.82, 2.24) is 0 Å². The molecule has 0 amide bonds. The summed E-state index contributed by atoms with van der Waals surface area (Å²) in [5.41, 5.74) is 1.91. The highest BCUT2D eigenvalue weighted by atomic mass is 16.5. The van der Waals surface area contributed by atoms with Gasteiger partial charge in [-0.15, -0.1) is 0 Å². The summed E-state index contributed by atoms with van der Waals surface area (Å²) < 4.78 is 28.1. The van der Waals surface area contributed by atoms with Crippen LogP contribution in [0.15, 0.2) is 69.9 Å². The smallest absolute Gasteiger partial charge is 0.312 e. The molecule has 0 unspecified atom stereocenters. The maximum absolute atomic E-state index is 13.2. The first kappa shape index (κ1) is 25.7. The highest BCUT2D eigenvalue weighted by Gasteiger charge is 2.34. The van der Waals surface area contributed by atoms with E-state index in [9.17, 15) is 19.8 Å². The van der Waals surface area contributed by atoms with Crippen LogP contribution in [0.1, 0.15) is 30.4 Å². The average Bonchev–Trinajstić information content (AvgIpc) is 2.90. The summed E-state index contributed by atoms with van der Waals surface area (Å²) >= 11 is 0. The lowest BCUT2D eigenvalue weighted by atomic mass is 9.85. The fourth-order valence-corrected chi connectivity index (χ4v) is 4.65. The Hall–Kier alpha value is -4.92. The highest BCUT2D eigenvalue weighted by Crippen LogP contribution is 2.47. The molecular weight excluding hydrogens is 504 g/mol. The number of aromatic hydroxyl groups is 2. The predicted molar refractivity (Wildman–Crippen MR) is 143 cm³/mol. The summed E-state index contributed by atoms with van der Waals surface area (Å²) in [6, 6.07) is 12.3. The Morgan fingerprint density at radius 3 is 2.41 bits per heavy atom. The lowest BCUT2D eigenvalue weighted by molar-refractivity contribution is -0.135. The maximum atomic E-state index is 13.2. The summed E-state index contributed by atoms with van der Waals surface area (Å²) in [5.74, 6) is -0.172. The van der Waals surface area contributed by atoms with Crippen LogP contribution >= 0.6 is 0 Å². The molecule has 2 heterocycles. The fraction of sp³-hybridized carbons (Fsp3) is 0.200. The number of phenols is 2. The van der Waals surface area contributed by atoms with Crippen molar-refractivity contribution in [2.45, 2.75) is 19.3 Å². The standard InChI is InChI=1S/C30H26O9/c1-15(2)14-37-25-10-16(5-8-23(25)36-4)18-11-27(34)38-26-13-21(33)29-20(32)12-24(39-30(29)28(18)26)17-6-7-22(35-3)19(31)9-17/h5-10,12-13,18,31,33H,1,11,14H2,2-4H3/t18-/m1/s1. The lowest BCUT2D eigenvalue weighted by Gasteiger charge is -2.26. The lowest BCUT2D eigenvalue weighted by Crippen LogP contribution is -2.22. The van der Waals surface area contributed by atoms with Gasteiger partial charge in [0.2, 0.25) is 0 Å². The molecule has 39 heavy (non-hydrogen) atoms. The number of hydrogen-bond donors (Lipinski definition) is 2. The number of phenolic OH excluding ortho intramolecular Hbond substituents is 2. The Bertz CT molecular complexity index is 1680. The summed E-state index contributed by atoms with van der Waals surface area (Å²) in [6.07, 6.45) is -0.0452. The number of esters is 1. The Kier molecular flexibility index (Phi) is 6.66. The summed E-state index contributed by atoms with van der Waals surface area (Å²) in [6.45, 7) is 5.97. The SMILES string of the molecule is C=C(C)COc1cc([C@H]2CC(=O)Oc3cc(O)c4c(=O)cc(-c5ccc(OC)c(O)c5)oc4c32)ccc1OC. The van der Waals surface area contributed by atoms with Gasteiger partial charge in [-0.05, 0) is 48.4 Å². The van der Waals surface area contributed by atoms with E-state index in [2.05, 4.69) is 6.58 Å². The van der Waals surface area contributed by atoms with Crippen molar-refractivity contribution >= 4 is 16.9 Å². The number of benzene rings is 3. The van der Waals surface area contributed by atoms with Crippen LogP contribution in [0.2, 0.25) is 0 Å². The first-order valence-electron chi connectivity index (χ1n) is 12.1. The van der Waals surface area contributed by atoms with Crippen molar-refractivity contribution in [3.8, 4) is 45.8 Å². The van der Waals surface area contributed by atoms with Crippen LogP contribution in [-0.2, 0) is 4.79 Å². The zero-order valence-corrected chi connectivity index (χ0v) is 21.6. The molecule has 0 bridgehead atoms. The summed E-state index contributed by atoms with van der Waals surface area (Å²) in [5, 5.41) is 20.9. The van der Waals surface area contributed by atoms with E-state index in [0.29, 0.717) is 28.2 Å². The van der Waals surface area contributed by atoms with Gasteiger partial charge in [0.25, 0.3) is 0 Å². The first-order chi connectivity index (χ1) is 18.7. The van der Waals surface area contributed by atoms with Gasteiger partial charge in [-0.3, -0.25) is 9.59 Å². The van der Waals surface area contributed by atoms with E-state index in [4.69, 9.17) is 23.4 Å². The molecule has 3 aromatic carbocycles. The topological polar surface area (TPSA) is 125 Å². The van der Waals surface area contributed by atoms with Crippen LogP contribution in [0.5, 0.6) is 34.5 Å². The minimum atomic E-state index is -0.592. The monoisotopic (exact) mass is 530 g/mol. The molecule has 1 aromatic heterocycles. The number of carbonyl (C=O) groups is 1. The van der Waals surface area contributed by atoms with E-state index in [1.54, 1.807) is 30.3 Å². The van der Waals surface area contributed by atoms with Crippen LogP contribution in [0, 0.1) is 0 Å². The molecule has 1 aliphatic heterocycles. The van der Waals surface area contributed by atoms with Gasteiger partial charge in [0, 0.05) is 29.2 Å². The van der Waals surface area contributed by atoms with Crippen molar-refractivity contribution < 1.29 is 38.4 Å². The first-order valence-corrected chi connectivity index (χ1v) is 12.1. The van der Waals surface area contributed by atoms with Gasteiger partial charge in [0.1, 0.15) is 34.8 Å². The van der Waals surface area contributed by atoms with Crippen molar-refractivity contribution in [2.75, 3.05) is 20.8 Å². The van der Waals surface area contributed by atoms with E-state index in [-0.39, 0.29) is 52.8 Å². The van der Waals surface area contributed by atoms with Crippen LogP contribution in [-0.4, -0.2) is 37.0 Å². The van der Waals surface area contributed by atoms with E-state index >= 15 is 0 Å². The van der Waals surface area contributed by atoms with E-state index in [1.807, 2.05) is 6.92 Å². The molecule has 0 spiro atoms. The van der Waals surface area contributed by atoms with E-state index in [0.717, 1.165) is 5.57 Å². The second kappa shape index (κ2) is 10.1. The quantitative estimate of drug-likeness (QED) is 0.186. The van der Waals surface area contributed by atoms with Gasteiger partial charge in [0.15, 0.2) is 28.4 Å². The highest BCUT2D eigenvalue weighted by molar-refractivity contribution is 5.93. The zero-order chi connectivity index (χ0) is 27.8. The number of carbonyl (C=O) groups excluding carboxylic acids is 1. The summed E-state index contributed by atoms with van der Waals surface area (Å²) in [7, 11) is 2.95. The largest absolute Gasteiger partial charge is 0.507 e. The Morgan fingerprint density at radius 1 is 0.974 bits per heavy atom. The van der Waals surface area contributed by atoms with Gasteiger partial charge in [-0.1, -0.05) is 12.6 Å². The molecule has 1 atom stereocenters. The number of hydrogen-bond acceptors (Lipinski definition) is 9. The van der Waals surface area contributed by atoms with E-state index in [1.165, 1.54) is 32.4 Å². The molecule has 0 radical (unpaired) electrons. The van der Waals surface area contributed by atoms with Gasteiger partial charge in [-0.25, -0.2) is 0 Å². The molecule has 200 valence electrons. The van der Waals surface area contributed by atoms with Crippen LogP contribution < -0.4 is 24.4 Å². The third-order valence-corrected chi connectivity index (χ3v) is 6.45. The molecule has 4 aromatic rings. The number of ether oxygens (including phenoxy) is 4. The third kappa shape index (κ3) is 4.74. The molecule has 0 saturated carbocycles. The minimum Gasteiger partial charge on any atom is -0.507 e. The molecular formula is C30H26O9. The number of rotatable bonds is 7. The van der Waals surface area contributed by atoms with E-state index < -0.39 is 17.3 Å². The molecule has 0 saturated heterocycles. The maximum Gasteiger partial charge on any atom is 0.312 e.